The van der Waals surface area contributed by atoms with E-state index in [0.717, 1.165) is 54.3 Å². The Morgan fingerprint density at radius 2 is 1.81 bits per heavy atom. The quantitative estimate of drug-likeness (QED) is 0.752. The van der Waals surface area contributed by atoms with E-state index in [1.165, 1.54) is 0 Å². The highest BCUT2D eigenvalue weighted by Gasteiger charge is 2.22. The summed E-state index contributed by atoms with van der Waals surface area (Å²) in [4.78, 5) is 4.36. The van der Waals surface area contributed by atoms with Crippen LogP contribution in [-0.2, 0) is 0 Å². The Morgan fingerprint density at radius 1 is 1.04 bits per heavy atom. The Labute approximate surface area is 159 Å². The molecule has 1 aromatic carbocycles. The summed E-state index contributed by atoms with van der Waals surface area (Å²) in [7, 11) is 3.32. The molecular formula is C21H24N4O2. The van der Waals surface area contributed by atoms with Crippen LogP contribution in [0.3, 0.4) is 0 Å². The van der Waals surface area contributed by atoms with Crippen LogP contribution in [0.15, 0.2) is 48.7 Å². The predicted octanol–water partition coefficient (Wildman–Crippen LogP) is 3.42. The van der Waals surface area contributed by atoms with Gasteiger partial charge in [0.05, 0.1) is 36.9 Å². The number of nitrogens with one attached hydrogen (secondary N) is 1. The highest BCUT2D eigenvalue weighted by Crippen LogP contribution is 2.34. The summed E-state index contributed by atoms with van der Waals surface area (Å²) in [6.45, 7) is 2.07. The van der Waals surface area contributed by atoms with Crippen molar-refractivity contribution in [3.05, 3.63) is 54.4 Å². The number of benzene rings is 1. The van der Waals surface area contributed by atoms with Gasteiger partial charge >= 0.3 is 0 Å². The van der Waals surface area contributed by atoms with Crippen LogP contribution < -0.4 is 14.8 Å². The third kappa shape index (κ3) is 3.53. The lowest BCUT2D eigenvalue weighted by Crippen LogP contribution is -2.26. The summed E-state index contributed by atoms with van der Waals surface area (Å²) in [5.74, 6) is 1.89. The molecular weight excluding hydrogens is 340 g/mol. The Morgan fingerprint density at radius 3 is 2.52 bits per heavy atom. The van der Waals surface area contributed by atoms with Crippen molar-refractivity contribution in [1.29, 1.82) is 0 Å². The van der Waals surface area contributed by atoms with Gasteiger partial charge in [-0.2, -0.15) is 5.10 Å². The molecule has 0 aliphatic carbocycles. The average molecular weight is 364 g/mol. The molecule has 1 aliphatic heterocycles. The normalized spacial score (nSPS) is 14.9. The molecule has 0 unspecified atom stereocenters. The standard InChI is InChI=1S/C21H24N4O2/c1-26-17-7-5-16(6-8-17)25-20(18-4-3-11-23-21(18)27-2)14-19(24-25)15-9-12-22-13-10-15/h3-8,11,14-15,22H,9-10,12-13H2,1-2H3. The van der Waals surface area contributed by atoms with Crippen LogP contribution in [0.5, 0.6) is 11.6 Å². The van der Waals surface area contributed by atoms with Gasteiger partial charge in [0.2, 0.25) is 5.88 Å². The molecule has 6 heteroatoms. The zero-order valence-corrected chi connectivity index (χ0v) is 15.7. The fourth-order valence-electron chi connectivity index (χ4n) is 3.58. The SMILES string of the molecule is COc1ccc(-n2nc(C3CCNCC3)cc2-c2cccnc2OC)cc1. The molecule has 1 N–H and O–H groups in total. The van der Waals surface area contributed by atoms with Crippen molar-refractivity contribution < 1.29 is 9.47 Å². The average Bonchev–Trinajstić information content (AvgIpc) is 3.19. The second-order valence-corrected chi connectivity index (χ2v) is 6.65. The maximum atomic E-state index is 5.50. The number of rotatable bonds is 5. The molecule has 0 amide bonds. The topological polar surface area (TPSA) is 61.2 Å². The van der Waals surface area contributed by atoms with Crippen LogP contribution in [0.4, 0.5) is 0 Å². The van der Waals surface area contributed by atoms with Crippen LogP contribution in [0.2, 0.25) is 0 Å². The minimum Gasteiger partial charge on any atom is -0.497 e. The van der Waals surface area contributed by atoms with Gasteiger partial charge in [0.1, 0.15) is 5.75 Å². The molecule has 1 saturated heterocycles. The summed E-state index contributed by atoms with van der Waals surface area (Å²) in [5.41, 5.74) is 4.02. The predicted molar refractivity (Wildman–Crippen MR) is 105 cm³/mol. The van der Waals surface area contributed by atoms with Gasteiger partial charge in [-0.3, -0.25) is 0 Å². The third-order valence-electron chi connectivity index (χ3n) is 5.04. The molecule has 0 spiro atoms. The van der Waals surface area contributed by atoms with Crippen LogP contribution in [0.25, 0.3) is 16.9 Å². The van der Waals surface area contributed by atoms with E-state index in [2.05, 4.69) is 16.4 Å². The van der Waals surface area contributed by atoms with Crippen LogP contribution in [0.1, 0.15) is 24.5 Å². The Kier molecular flexibility index (Phi) is 5.07. The number of piperidine rings is 1. The molecule has 140 valence electrons. The lowest BCUT2D eigenvalue weighted by atomic mass is 9.94. The molecule has 0 bridgehead atoms. The first-order valence-electron chi connectivity index (χ1n) is 9.24. The summed E-state index contributed by atoms with van der Waals surface area (Å²) >= 11 is 0. The molecule has 3 heterocycles. The number of methoxy groups -OCH3 is 2. The van der Waals surface area contributed by atoms with Gasteiger partial charge in [-0.1, -0.05) is 0 Å². The summed E-state index contributed by atoms with van der Waals surface area (Å²) in [6.07, 6.45) is 3.94. The van der Waals surface area contributed by atoms with Crippen molar-refractivity contribution in [1.82, 2.24) is 20.1 Å². The lowest BCUT2D eigenvalue weighted by molar-refractivity contribution is 0.399. The molecule has 4 rings (SSSR count). The first-order valence-corrected chi connectivity index (χ1v) is 9.24. The van der Waals surface area contributed by atoms with E-state index in [1.807, 2.05) is 41.1 Å². The molecule has 27 heavy (non-hydrogen) atoms. The highest BCUT2D eigenvalue weighted by molar-refractivity contribution is 5.68. The monoisotopic (exact) mass is 364 g/mol. The molecule has 2 aromatic heterocycles. The van der Waals surface area contributed by atoms with Gasteiger partial charge in [0.15, 0.2) is 0 Å². The van der Waals surface area contributed by atoms with Crippen LogP contribution in [-0.4, -0.2) is 42.1 Å². The van der Waals surface area contributed by atoms with Gasteiger partial charge in [-0.05, 0) is 68.4 Å². The van der Waals surface area contributed by atoms with Gasteiger partial charge in [-0.25, -0.2) is 9.67 Å². The molecule has 0 atom stereocenters. The van der Waals surface area contributed by atoms with Crippen molar-refractivity contribution >= 4 is 0 Å². The van der Waals surface area contributed by atoms with Gasteiger partial charge in [-0.15, -0.1) is 0 Å². The summed E-state index contributed by atoms with van der Waals surface area (Å²) in [5, 5.41) is 8.40. The summed E-state index contributed by atoms with van der Waals surface area (Å²) < 4.78 is 12.8. The van der Waals surface area contributed by atoms with E-state index in [0.29, 0.717) is 11.8 Å². The van der Waals surface area contributed by atoms with Crippen LogP contribution >= 0.6 is 0 Å². The molecule has 3 aromatic rings. The zero-order valence-electron chi connectivity index (χ0n) is 15.7. The molecule has 0 radical (unpaired) electrons. The van der Waals surface area contributed by atoms with E-state index in [-0.39, 0.29) is 0 Å². The first-order chi connectivity index (χ1) is 13.3. The van der Waals surface area contributed by atoms with Crippen molar-refractivity contribution in [3.8, 4) is 28.6 Å². The lowest BCUT2D eigenvalue weighted by Gasteiger charge is -2.20. The van der Waals surface area contributed by atoms with Gasteiger partial charge in [0.25, 0.3) is 0 Å². The minimum absolute atomic E-state index is 0.465. The Balaban J connectivity index is 1.82. The zero-order chi connectivity index (χ0) is 18.6. The van der Waals surface area contributed by atoms with Crippen molar-refractivity contribution in [2.45, 2.75) is 18.8 Å². The third-order valence-corrected chi connectivity index (χ3v) is 5.04. The highest BCUT2D eigenvalue weighted by atomic mass is 16.5. The van der Waals surface area contributed by atoms with E-state index < -0.39 is 0 Å². The molecule has 1 fully saturated rings. The molecule has 0 saturated carbocycles. The van der Waals surface area contributed by atoms with Crippen molar-refractivity contribution in [2.24, 2.45) is 0 Å². The first kappa shape index (κ1) is 17.5. The number of ether oxygens (including phenoxy) is 2. The second kappa shape index (κ2) is 7.80. The van der Waals surface area contributed by atoms with E-state index in [9.17, 15) is 0 Å². The largest absolute Gasteiger partial charge is 0.497 e. The summed E-state index contributed by atoms with van der Waals surface area (Å²) in [6, 6.07) is 14.1. The van der Waals surface area contributed by atoms with Crippen molar-refractivity contribution in [3.63, 3.8) is 0 Å². The van der Waals surface area contributed by atoms with E-state index in [4.69, 9.17) is 14.6 Å². The minimum atomic E-state index is 0.465. The Bertz CT molecular complexity index is 899. The number of aromatic nitrogens is 3. The number of hydrogen-bond acceptors (Lipinski definition) is 5. The fourth-order valence-corrected chi connectivity index (χ4v) is 3.58. The maximum absolute atomic E-state index is 5.50. The molecule has 1 aliphatic rings. The maximum Gasteiger partial charge on any atom is 0.222 e. The van der Waals surface area contributed by atoms with E-state index in [1.54, 1.807) is 20.4 Å². The molecule has 6 nitrogen and oxygen atoms in total. The smallest absolute Gasteiger partial charge is 0.222 e. The second-order valence-electron chi connectivity index (χ2n) is 6.65. The van der Waals surface area contributed by atoms with Crippen molar-refractivity contribution in [2.75, 3.05) is 27.3 Å². The number of hydrogen-bond donors (Lipinski definition) is 1. The van der Waals surface area contributed by atoms with Crippen LogP contribution in [0, 0.1) is 0 Å². The van der Waals surface area contributed by atoms with Gasteiger partial charge < -0.3 is 14.8 Å². The fraction of sp³-hybridized carbons (Fsp3) is 0.333. The Hall–Kier alpha value is -2.86. The van der Waals surface area contributed by atoms with E-state index >= 15 is 0 Å². The number of nitrogens with zero attached hydrogens (tertiary/aromatic N) is 3. The van der Waals surface area contributed by atoms with Gasteiger partial charge in [0, 0.05) is 12.1 Å². The number of pyridine rings is 1.